The number of benzene rings is 1. The van der Waals surface area contributed by atoms with Gasteiger partial charge in [-0.2, -0.15) is 13.8 Å². The van der Waals surface area contributed by atoms with E-state index in [9.17, 15) is 22.0 Å². The molecule has 5 aromatic rings. The number of anilines is 1. The van der Waals surface area contributed by atoms with Crippen molar-refractivity contribution in [1.82, 2.24) is 33.4 Å². The maximum absolute atomic E-state index is 13.7. The van der Waals surface area contributed by atoms with Gasteiger partial charge in [0.15, 0.2) is 11.5 Å². The number of rotatable bonds is 5. The molecule has 39 heavy (non-hydrogen) atoms. The fraction of sp³-hybridized carbons (Fsp3) is 0.160. The van der Waals surface area contributed by atoms with Crippen molar-refractivity contribution >= 4 is 27.4 Å². The molecule has 0 saturated carbocycles. The van der Waals surface area contributed by atoms with E-state index in [0.29, 0.717) is 40.7 Å². The number of fused-ring (bicyclic) bond motifs is 2. The quantitative estimate of drug-likeness (QED) is 0.333. The van der Waals surface area contributed by atoms with Crippen LogP contribution < -0.4 is 5.32 Å². The largest absolute Gasteiger partial charge is 0.324 e. The molecule has 0 spiro atoms. The number of nitrogens with zero attached hydrogens (tertiary/aromatic N) is 7. The average Bonchev–Trinajstić information content (AvgIpc) is 3.48. The van der Waals surface area contributed by atoms with E-state index in [1.807, 2.05) is 4.57 Å². The number of pyridine rings is 1. The number of imidazole rings is 2. The van der Waals surface area contributed by atoms with E-state index < -0.39 is 27.7 Å². The minimum Gasteiger partial charge on any atom is -0.324 e. The van der Waals surface area contributed by atoms with Gasteiger partial charge in [-0.05, 0) is 42.5 Å². The number of amides is 1. The van der Waals surface area contributed by atoms with Gasteiger partial charge in [0.05, 0.1) is 30.4 Å². The van der Waals surface area contributed by atoms with E-state index in [1.165, 1.54) is 39.4 Å². The SMILES string of the molecule is CS(=O)(=O)N1CCn2c(nc(-c3ccc(F)cc3)c2-c2ccc3nc(NC(=O)c4ccnc(F)c4)cn3n2)C1. The summed E-state index contributed by atoms with van der Waals surface area (Å²) in [5, 5.41) is 7.30. The third kappa shape index (κ3) is 4.75. The Morgan fingerprint density at radius 2 is 1.82 bits per heavy atom. The third-order valence-electron chi connectivity index (χ3n) is 6.32. The van der Waals surface area contributed by atoms with Crippen LogP contribution in [0, 0.1) is 11.8 Å². The minimum atomic E-state index is -3.42. The van der Waals surface area contributed by atoms with E-state index in [-0.39, 0.29) is 24.5 Å². The molecule has 1 aliphatic heterocycles. The maximum Gasteiger partial charge on any atom is 0.257 e. The molecule has 5 heterocycles. The van der Waals surface area contributed by atoms with Crippen LogP contribution in [-0.2, 0) is 23.1 Å². The van der Waals surface area contributed by atoms with E-state index >= 15 is 0 Å². The molecule has 0 radical (unpaired) electrons. The second-order valence-electron chi connectivity index (χ2n) is 8.95. The predicted octanol–water partition coefficient (Wildman–Crippen LogP) is 2.96. The van der Waals surface area contributed by atoms with Crippen molar-refractivity contribution in [3.05, 3.63) is 84.1 Å². The highest BCUT2D eigenvalue weighted by molar-refractivity contribution is 7.88. The highest BCUT2D eigenvalue weighted by atomic mass is 32.2. The first-order valence-electron chi connectivity index (χ1n) is 11.8. The molecule has 0 atom stereocenters. The summed E-state index contributed by atoms with van der Waals surface area (Å²) in [6.07, 6.45) is 3.87. The van der Waals surface area contributed by atoms with Crippen LogP contribution in [0.25, 0.3) is 28.3 Å². The van der Waals surface area contributed by atoms with Gasteiger partial charge in [0.2, 0.25) is 16.0 Å². The molecule has 11 nitrogen and oxygen atoms in total. The Balaban J connectivity index is 1.40. The number of carbonyl (C=O) groups is 1. The lowest BCUT2D eigenvalue weighted by atomic mass is 10.1. The summed E-state index contributed by atoms with van der Waals surface area (Å²) in [5.74, 6) is -0.983. The number of carbonyl (C=O) groups excluding carboxylic acids is 1. The topological polar surface area (TPSA) is 127 Å². The minimum absolute atomic E-state index is 0.0890. The number of sulfonamides is 1. The Kier molecular flexibility index (Phi) is 5.92. The summed E-state index contributed by atoms with van der Waals surface area (Å²) in [6.45, 7) is 0.697. The van der Waals surface area contributed by atoms with Crippen LogP contribution in [0.5, 0.6) is 0 Å². The molecule has 4 aromatic heterocycles. The standard InChI is InChI=1S/C25H20F2N8O3S/c1-39(37,38)33-10-11-34-22(14-33)31-23(15-2-4-17(26)5-3-15)24(34)18-6-7-21-29-20(13-35(21)32-18)30-25(36)16-8-9-28-19(27)12-16/h2-9,12-13H,10-11,14H2,1H3,(H,30,36). The van der Waals surface area contributed by atoms with Gasteiger partial charge >= 0.3 is 0 Å². The Morgan fingerprint density at radius 3 is 2.56 bits per heavy atom. The second-order valence-corrected chi connectivity index (χ2v) is 10.9. The summed E-state index contributed by atoms with van der Waals surface area (Å²) in [5.41, 5.74) is 2.86. The number of nitrogens with one attached hydrogen (secondary N) is 1. The zero-order valence-corrected chi connectivity index (χ0v) is 21.2. The molecule has 0 bridgehead atoms. The van der Waals surface area contributed by atoms with Gasteiger partial charge in [-0.3, -0.25) is 4.79 Å². The van der Waals surface area contributed by atoms with Gasteiger partial charge in [-0.1, -0.05) is 0 Å². The summed E-state index contributed by atoms with van der Waals surface area (Å²) < 4.78 is 56.2. The lowest BCUT2D eigenvalue weighted by Crippen LogP contribution is -2.37. The summed E-state index contributed by atoms with van der Waals surface area (Å²) in [6, 6.07) is 11.7. The molecule has 14 heteroatoms. The van der Waals surface area contributed by atoms with Crippen molar-refractivity contribution in [2.45, 2.75) is 13.1 Å². The molecular formula is C25H20F2N8O3S. The first-order chi connectivity index (χ1) is 18.7. The van der Waals surface area contributed by atoms with Crippen LogP contribution in [0.1, 0.15) is 16.2 Å². The van der Waals surface area contributed by atoms with Crippen LogP contribution in [0.2, 0.25) is 0 Å². The van der Waals surface area contributed by atoms with E-state index in [0.717, 1.165) is 12.3 Å². The highest BCUT2D eigenvalue weighted by Gasteiger charge is 2.29. The molecule has 0 fully saturated rings. The molecule has 198 valence electrons. The van der Waals surface area contributed by atoms with Gasteiger partial charge in [-0.25, -0.2) is 32.3 Å². The van der Waals surface area contributed by atoms with Crippen molar-refractivity contribution in [1.29, 1.82) is 0 Å². The normalized spacial score (nSPS) is 13.9. The Hall–Kier alpha value is -4.56. The maximum atomic E-state index is 13.7. The second kappa shape index (κ2) is 9.32. The Morgan fingerprint density at radius 1 is 1.03 bits per heavy atom. The molecule has 0 unspecified atom stereocenters. The zero-order chi connectivity index (χ0) is 27.3. The fourth-order valence-electron chi connectivity index (χ4n) is 4.46. The molecule has 1 aromatic carbocycles. The summed E-state index contributed by atoms with van der Waals surface area (Å²) >= 11 is 0. The van der Waals surface area contributed by atoms with Crippen molar-refractivity contribution in [2.75, 3.05) is 18.1 Å². The molecule has 0 aliphatic carbocycles. The van der Waals surface area contributed by atoms with Crippen LogP contribution in [0.15, 0.2) is 60.9 Å². The van der Waals surface area contributed by atoms with Crippen LogP contribution >= 0.6 is 0 Å². The Labute approximate surface area is 220 Å². The van der Waals surface area contributed by atoms with Crippen molar-refractivity contribution in [2.24, 2.45) is 0 Å². The van der Waals surface area contributed by atoms with E-state index in [2.05, 4.69) is 20.4 Å². The van der Waals surface area contributed by atoms with Gasteiger partial charge in [0.25, 0.3) is 5.91 Å². The van der Waals surface area contributed by atoms with E-state index in [1.54, 1.807) is 24.3 Å². The number of hydrogen-bond donors (Lipinski definition) is 1. The number of halogens is 2. The molecule has 0 saturated heterocycles. The summed E-state index contributed by atoms with van der Waals surface area (Å²) in [7, 11) is -3.42. The van der Waals surface area contributed by atoms with Gasteiger partial charge in [0.1, 0.15) is 17.3 Å². The number of hydrogen-bond acceptors (Lipinski definition) is 7. The fourth-order valence-corrected chi connectivity index (χ4v) is 5.22. The predicted molar refractivity (Wildman–Crippen MR) is 137 cm³/mol. The number of aromatic nitrogens is 6. The van der Waals surface area contributed by atoms with Gasteiger partial charge in [-0.15, -0.1) is 0 Å². The third-order valence-corrected chi connectivity index (χ3v) is 7.57. The van der Waals surface area contributed by atoms with Crippen LogP contribution in [0.4, 0.5) is 14.6 Å². The lowest BCUT2D eigenvalue weighted by Gasteiger charge is -2.26. The molecule has 6 rings (SSSR count). The molecule has 1 aliphatic rings. The highest BCUT2D eigenvalue weighted by Crippen LogP contribution is 2.34. The van der Waals surface area contributed by atoms with E-state index in [4.69, 9.17) is 4.98 Å². The van der Waals surface area contributed by atoms with Gasteiger partial charge < -0.3 is 9.88 Å². The molecular weight excluding hydrogens is 530 g/mol. The smallest absolute Gasteiger partial charge is 0.257 e. The Bertz CT molecular complexity index is 1850. The van der Waals surface area contributed by atoms with Crippen molar-refractivity contribution in [3.63, 3.8) is 0 Å². The molecule has 1 amide bonds. The first kappa shape index (κ1) is 24.8. The van der Waals surface area contributed by atoms with Crippen molar-refractivity contribution < 1.29 is 22.0 Å². The van der Waals surface area contributed by atoms with Crippen LogP contribution in [-0.4, -0.2) is 60.6 Å². The van der Waals surface area contributed by atoms with Crippen molar-refractivity contribution in [3.8, 4) is 22.6 Å². The average molecular weight is 551 g/mol. The lowest BCUT2D eigenvalue weighted by molar-refractivity contribution is 0.102. The monoisotopic (exact) mass is 550 g/mol. The first-order valence-corrected chi connectivity index (χ1v) is 13.6. The van der Waals surface area contributed by atoms with Gasteiger partial charge in [0, 0.05) is 36.5 Å². The van der Waals surface area contributed by atoms with Crippen LogP contribution in [0.3, 0.4) is 0 Å². The zero-order valence-electron chi connectivity index (χ0n) is 20.4. The molecule has 1 N–H and O–H groups in total. The summed E-state index contributed by atoms with van der Waals surface area (Å²) in [4.78, 5) is 25.1.